The molecule has 148 valence electrons. The molecule has 2 N–H and O–H groups in total. The van der Waals surface area contributed by atoms with Gasteiger partial charge in [0.25, 0.3) is 5.91 Å². The summed E-state index contributed by atoms with van der Waals surface area (Å²) in [6.07, 6.45) is -1.21. The van der Waals surface area contributed by atoms with Crippen LogP contribution in [0.15, 0.2) is 42.5 Å². The summed E-state index contributed by atoms with van der Waals surface area (Å²) in [5.41, 5.74) is 0.524. The van der Waals surface area contributed by atoms with E-state index in [9.17, 15) is 14.7 Å². The Hall–Kier alpha value is -3.42. The van der Waals surface area contributed by atoms with Gasteiger partial charge < -0.3 is 29.4 Å². The van der Waals surface area contributed by atoms with Crippen LogP contribution in [0.5, 0.6) is 23.0 Å². The number of carbonyl (C=O) groups excluding carboxylic acids is 1. The first-order chi connectivity index (χ1) is 13.5. The van der Waals surface area contributed by atoms with Gasteiger partial charge in [-0.3, -0.25) is 9.59 Å². The summed E-state index contributed by atoms with van der Waals surface area (Å²) < 4.78 is 21.8. The lowest BCUT2D eigenvalue weighted by Gasteiger charge is -2.27. The molecular formula is C20H21NO7. The molecule has 8 nitrogen and oxygen atoms in total. The van der Waals surface area contributed by atoms with Crippen molar-refractivity contribution in [1.29, 1.82) is 0 Å². The molecule has 1 heterocycles. The standard InChI is InChI=1S/C20H21NO7/c1-25-12-7-8-13(17(9-12)26-2)14(10-19(22)23)21-20(24)18-11-27-15-5-3-4-6-16(15)28-18/h3-9,14,18H,10-11H2,1-2H3,(H,21,24)(H,22,23). The van der Waals surface area contributed by atoms with E-state index in [2.05, 4.69) is 5.32 Å². The summed E-state index contributed by atoms with van der Waals surface area (Å²) in [5.74, 6) is 0.461. The second-order valence-electron chi connectivity index (χ2n) is 6.13. The minimum atomic E-state index is -1.06. The Kier molecular flexibility index (Phi) is 5.88. The lowest BCUT2D eigenvalue weighted by molar-refractivity contribution is -0.138. The second-order valence-corrected chi connectivity index (χ2v) is 6.13. The van der Waals surface area contributed by atoms with Crippen LogP contribution in [-0.2, 0) is 9.59 Å². The predicted molar refractivity (Wildman–Crippen MR) is 99.0 cm³/mol. The summed E-state index contributed by atoms with van der Waals surface area (Å²) in [7, 11) is 2.98. The first-order valence-electron chi connectivity index (χ1n) is 8.64. The van der Waals surface area contributed by atoms with E-state index in [0.717, 1.165) is 0 Å². The fraction of sp³-hybridized carbons (Fsp3) is 0.300. The monoisotopic (exact) mass is 387 g/mol. The number of hydrogen-bond acceptors (Lipinski definition) is 6. The number of hydrogen-bond donors (Lipinski definition) is 2. The number of para-hydroxylation sites is 2. The van der Waals surface area contributed by atoms with E-state index in [1.165, 1.54) is 14.2 Å². The molecule has 2 unspecified atom stereocenters. The normalized spacial score (nSPS) is 16.0. The van der Waals surface area contributed by atoms with Crippen LogP contribution < -0.4 is 24.3 Å². The van der Waals surface area contributed by atoms with Crippen LogP contribution in [0.2, 0.25) is 0 Å². The first-order valence-corrected chi connectivity index (χ1v) is 8.64. The van der Waals surface area contributed by atoms with Crippen LogP contribution in [0.4, 0.5) is 0 Å². The molecule has 1 aliphatic rings. The Bertz CT molecular complexity index is 867. The largest absolute Gasteiger partial charge is 0.497 e. The van der Waals surface area contributed by atoms with Gasteiger partial charge in [0, 0.05) is 11.6 Å². The van der Waals surface area contributed by atoms with Crippen LogP contribution in [0.25, 0.3) is 0 Å². The molecule has 0 aromatic heterocycles. The fourth-order valence-corrected chi connectivity index (χ4v) is 2.93. The third kappa shape index (κ3) is 4.28. The van der Waals surface area contributed by atoms with Crippen molar-refractivity contribution in [2.24, 2.45) is 0 Å². The van der Waals surface area contributed by atoms with Crippen molar-refractivity contribution >= 4 is 11.9 Å². The third-order valence-corrected chi connectivity index (χ3v) is 4.31. The van der Waals surface area contributed by atoms with E-state index in [1.54, 1.807) is 42.5 Å². The van der Waals surface area contributed by atoms with Crippen LogP contribution in [0.1, 0.15) is 18.0 Å². The van der Waals surface area contributed by atoms with Crippen LogP contribution in [-0.4, -0.2) is 43.9 Å². The highest BCUT2D eigenvalue weighted by Gasteiger charge is 2.30. The van der Waals surface area contributed by atoms with Crippen molar-refractivity contribution in [1.82, 2.24) is 5.32 Å². The summed E-state index contributed by atoms with van der Waals surface area (Å²) in [6.45, 7) is 0.0301. The molecule has 0 fully saturated rings. The molecular weight excluding hydrogens is 366 g/mol. The minimum absolute atomic E-state index is 0.0301. The van der Waals surface area contributed by atoms with Crippen molar-refractivity contribution in [3.8, 4) is 23.0 Å². The Balaban J connectivity index is 1.80. The van der Waals surface area contributed by atoms with Gasteiger partial charge in [-0.15, -0.1) is 0 Å². The zero-order valence-electron chi connectivity index (χ0n) is 15.5. The summed E-state index contributed by atoms with van der Waals surface area (Å²) in [4.78, 5) is 24.1. The number of methoxy groups -OCH3 is 2. The van der Waals surface area contributed by atoms with Crippen molar-refractivity contribution in [3.63, 3.8) is 0 Å². The molecule has 1 aliphatic heterocycles. The molecule has 8 heteroatoms. The molecule has 3 rings (SSSR count). The van der Waals surface area contributed by atoms with Gasteiger partial charge in [0.15, 0.2) is 11.5 Å². The van der Waals surface area contributed by atoms with Crippen LogP contribution in [0.3, 0.4) is 0 Å². The molecule has 1 amide bonds. The Morgan fingerprint density at radius 2 is 1.93 bits per heavy atom. The zero-order valence-corrected chi connectivity index (χ0v) is 15.5. The van der Waals surface area contributed by atoms with Crippen molar-refractivity contribution in [2.75, 3.05) is 20.8 Å². The maximum absolute atomic E-state index is 12.7. The van der Waals surface area contributed by atoms with E-state index in [-0.39, 0.29) is 13.0 Å². The Labute approximate surface area is 162 Å². The van der Waals surface area contributed by atoms with Crippen LogP contribution >= 0.6 is 0 Å². The summed E-state index contributed by atoms with van der Waals surface area (Å²) >= 11 is 0. The van der Waals surface area contributed by atoms with Gasteiger partial charge in [-0.1, -0.05) is 12.1 Å². The molecule has 28 heavy (non-hydrogen) atoms. The van der Waals surface area contributed by atoms with Crippen molar-refractivity contribution in [2.45, 2.75) is 18.6 Å². The van der Waals surface area contributed by atoms with E-state index in [1.807, 2.05) is 0 Å². The number of carboxylic acid groups (broad SMARTS) is 1. The second kappa shape index (κ2) is 8.51. The number of carboxylic acids is 1. The fourth-order valence-electron chi connectivity index (χ4n) is 2.93. The molecule has 0 aliphatic carbocycles. The Morgan fingerprint density at radius 1 is 1.18 bits per heavy atom. The van der Waals surface area contributed by atoms with Gasteiger partial charge in [0.1, 0.15) is 18.1 Å². The van der Waals surface area contributed by atoms with E-state index < -0.39 is 24.0 Å². The van der Waals surface area contributed by atoms with E-state index in [0.29, 0.717) is 28.6 Å². The average molecular weight is 387 g/mol. The molecule has 0 bridgehead atoms. The first kappa shape index (κ1) is 19.3. The maximum Gasteiger partial charge on any atom is 0.305 e. The molecule has 0 radical (unpaired) electrons. The van der Waals surface area contributed by atoms with Crippen molar-refractivity contribution in [3.05, 3.63) is 48.0 Å². The Morgan fingerprint density at radius 3 is 2.61 bits per heavy atom. The molecule has 2 atom stereocenters. The highest BCUT2D eigenvalue weighted by atomic mass is 16.6. The SMILES string of the molecule is COc1ccc(C(CC(=O)O)NC(=O)C2COc3ccccc3O2)c(OC)c1. The number of nitrogens with one attached hydrogen (secondary N) is 1. The minimum Gasteiger partial charge on any atom is -0.497 e. The topological polar surface area (TPSA) is 103 Å². The molecule has 2 aromatic rings. The highest BCUT2D eigenvalue weighted by Crippen LogP contribution is 2.33. The molecule has 0 saturated carbocycles. The molecule has 2 aromatic carbocycles. The van der Waals surface area contributed by atoms with Gasteiger partial charge in [-0.05, 0) is 24.3 Å². The van der Waals surface area contributed by atoms with Gasteiger partial charge in [0.2, 0.25) is 6.10 Å². The van der Waals surface area contributed by atoms with Gasteiger partial charge in [-0.2, -0.15) is 0 Å². The van der Waals surface area contributed by atoms with Gasteiger partial charge in [-0.25, -0.2) is 0 Å². The molecule has 0 spiro atoms. The van der Waals surface area contributed by atoms with Gasteiger partial charge in [0.05, 0.1) is 26.7 Å². The highest BCUT2D eigenvalue weighted by molar-refractivity contribution is 5.83. The van der Waals surface area contributed by atoms with E-state index in [4.69, 9.17) is 18.9 Å². The number of aliphatic carboxylic acids is 1. The van der Waals surface area contributed by atoms with Gasteiger partial charge >= 0.3 is 5.97 Å². The number of ether oxygens (including phenoxy) is 4. The van der Waals surface area contributed by atoms with E-state index >= 15 is 0 Å². The zero-order chi connectivity index (χ0) is 20.1. The number of rotatable bonds is 7. The average Bonchev–Trinajstić information content (AvgIpc) is 2.72. The smallest absolute Gasteiger partial charge is 0.305 e. The maximum atomic E-state index is 12.7. The lowest BCUT2D eigenvalue weighted by atomic mass is 10.0. The predicted octanol–water partition coefficient (Wildman–Crippen LogP) is 2.18. The number of carbonyl (C=O) groups is 2. The van der Waals surface area contributed by atoms with Crippen LogP contribution in [0, 0.1) is 0 Å². The quantitative estimate of drug-likeness (QED) is 0.750. The van der Waals surface area contributed by atoms with Crippen molar-refractivity contribution < 1.29 is 33.6 Å². The third-order valence-electron chi connectivity index (χ3n) is 4.31. The number of benzene rings is 2. The summed E-state index contributed by atoms with van der Waals surface area (Å²) in [6, 6.07) is 11.2. The lowest BCUT2D eigenvalue weighted by Crippen LogP contribution is -2.45. The number of amides is 1. The summed E-state index contributed by atoms with van der Waals surface area (Å²) in [5, 5.41) is 12.0. The number of fused-ring (bicyclic) bond motifs is 1. The molecule has 0 saturated heterocycles.